The van der Waals surface area contributed by atoms with Gasteiger partial charge in [0.15, 0.2) is 0 Å². The summed E-state index contributed by atoms with van der Waals surface area (Å²) in [5.74, 6) is 0.502. The molecule has 0 bridgehead atoms. The Balaban J connectivity index is 1.49. The lowest BCUT2D eigenvalue weighted by molar-refractivity contribution is 0.425. The molecule has 0 saturated carbocycles. The van der Waals surface area contributed by atoms with Crippen LogP contribution in [0.25, 0.3) is 0 Å². The average molecular weight is 471 g/mol. The molecule has 0 fully saturated rings. The SMILES string of the molecule is O=S(=O)(Nc1ccc(Cl)cc1Cl)c1ccc2c(c1)[C@H]1C=CC[C@H]1[C@@H](c1ccccc1)N2. The Bertz CT molecular complexity index is 1280. The van der Waals surface area contributed by atoms with Crippen molar-refractivity contribution in [3.05, 3.63) is 100 Å². The van der Waals surface area contributed by atoms with E-state index in [0.29, 0.717) is 16.6 Å². The molecule has 0 amide bonds. The van der Waals surface area contributed by atoms with Gasteiger partial charge in [-0.1, -0.05) is 65.7 Å². The van der Waals surface area contributed by atoms with Crippen molar-refractivity contribution < 1.29 is 8.42 Å². The second-order valence-electron chi connectivity index (χ2n) is 7.86. The Kier molecular flexibility index (Phi) is 5.21. The molecule has 1 heterocycles. The Hall–Kier alpha value is -2.47. The van der Waals surface area contributed by atoms with E-state index in [0.717, 1.165) is 17.7 Å². The summed E-state index contributed by atoms with van der Waals surface area (Å²) in [4.78, 5) is 0.205. The van der Waals surface area contributed by atoms with E-state index >= 15 is 0 Å². The molecular formula is C24H20Cl2N2O2S. The number of rotatable bonds is 4. The van der Waals surface area contributed by atoms with Crippen LogP contribution in [0.2, 0.25) is 10.0 Å². The number of hydrogen-bond acceptors (Lipinski definition) is 3. The van der Waals surface area contributed by atoms with Crippen LogP contribution < -0.4 is 10.0 Å². The topological polar surface area (TPSA) is 58.2 Å². The summed E-state index contributed by atoms with van der Waals surface area (Å²) in [6, 6.07) is 20.5. The van der Waals surface area contributed by atoms with E-state index in [9.17, 15) is 8.42 Å². The fourth-order valence-corrected chi connectivity index (χ4v) is 6.13. The zero-order valence-corrected chi connectivity index (χ0v) is 18.8. The number of hydrogen-bond donors (Lipinski definition) is 2. The van der Waals surface area contributed by atoms with Crippen LogP contribution in [0.4, 0.5) is 11.4 Å². The number of anilines is 2. The lowest BCUT2D eigenvalue weighted by Gasteiger charge is -2.37. The molecule has 31 heavy (non-hydrogen) atoms. The van der Waals surface area contributed by atoms with E-state index < -0.39 is 10.0 Å². The highest BCUT2D eigenvalue weighted by molar-refractivity contribution is 7.92. The third-order valence-electron chi connectivity index (χ3n) is 5.98. The van der Waals surface area contributed by atoms with Gasteiger partial charge in [-0.15, -0.1) is 0 Å². The van der Waals surface area contributed by atoms with Crippen LogP contribution in [-0.4, -0.2) is 8.42 Å². The van der Waals surface area contributed by atoms with Crippen molar-refractivity contribution in [2.45, 2.75) is 23.3 Å². The third kappa shape index (κ3) is 3.82. The molecule has 1 aliphatic carbocycles. The van der Waals surface area contributed by atoms with Gasteiger partial charge in [0.2, 0.25) is 0 Å². The van der Waals surface area contributed by atoms with Crippen LogP contribution in [0.3, 0.4) is 0 Å². The van der Waals surface area contributed by atoms with Gasteiger partial charge in [-0.25, -0.2) is 8.42 Å². The first kappa shape index (κ1) is 20.4. The van der Waals surface area contributed by atoms with Gasteiger partial charge in [0, 0.05) is 16.6 Å². The minimum Gasteiger partial charge on any atom is -0.378 e. The van der Waals surface area contributed by atoms with Gasteiger partial charge in [0.05, 0.1) is 21.6 Å². The molecule has 7 heteroatoms. The molecule has 0 saturated heterocycles. The maximum absolute atomic E-state index is 13.1. The van der Waals surface area contributed by atoms with Gasteiger partial charge in [-0.05, 0) is 59.9 Å². The van der Waals surface area contributed by atoms with Crippen molar-refractivity contribution in [3.63, 3.8) is 0 Å². The highest BCUT2D eigenvalue weighted by atomic mass is 35.5. The Morgan fingerprint density at radius 3 is 2.55 bits per heavy atom. The van der Waals surface area contributed by atoms with Crippen molar-refractivity contribution in [2.75, 3.05) is 10.0 Å². The quantitative estimate of drug-likeness (QED) is 0.421. The summed E-state index contributed by atoms with van der Waals surface area (Å²) in [5.41, 5.74) is 3.49. The molecule has 0 radical (unpaired) electrons. The number of benzene rings is 3. The van der Waals surface area contributed by atoms with E-state index in [4.69, 9.17) is 23.2 Å². The first-order valence-corrected chi connectivity index (χ1v) is 12.3. The van der Waals surface area contributed by atoms with Crippen molar-refractivity contribution >= 4 is 44.6 Å². The summed E-state index contributed by atoms with van der Waals surface area (Å²) in [6.45, 7) is 0. The summed E-state index contributed by atoms with van der Waals surface area (Å²) in [6.07, 6.45) is 5.33. The van der Waals surface area contributed by atoms with Gasteiger partial charge in [0.1, 0.15) is 0 Å². The maximum Gasteiger partial charge on any atom is 0.261 e. The zero-order chi connectivity index (χ0) is 21.6. The van der Waals surface area contributed by atoms with E-state index in [-0.39, 0.29) is 21.9 Å². The smallest absolute Gasteiger partial charge is 0.261 e. The first-order valence-electron chi connectivity index (χ1n) is 10.0. The molecule has 158 valence electrons. The van der Waals surface area contributed by atoms with E-state index in [1.54, 1.807) is 24.3 Å². The number of fused-ring (bicyclic) bond motifs is 3. The van der Waals surface area contributed by atoms with Gasteiger partial charge in [0.25, 0.3) is 10.0 Å². The number of sulfonamides is 1. The van der Waals surface area contributed by atoms with Gasteiger partial charge < -0.3 is 5.32 Å². The summed E-state index contributed by atoms with van der Waals surface area (Å²) >= 11 is 12.1. The van der Waals surface area contributed by atoms with Gasteiger partial charge >= 0.3 is 0 Å². The molecular weight excluding hydrogens is 451 g/mol. The minimum absolute atomic E-state index is 0.163. The predicted octanol–water partition coefficient (Wildman–Crippen LogP) is 6.62. The average Bonchev–Trinajstić information content (AvgIpc) is 3.26. The molecule has 3 atom stereocenters. The lowest BCUT2D eigenvalue weighted by Crippen LogP contribution is -2.29. The summed E-state index contributed by atoms with van der Waals surface area (Å²) in [5, 5.41) is 4.33. The Morgan fingerprint density at radius 2 is 1.77 bits per heavy atom. The first-order chi connectivity index (χ1) is 14.9. The molecule has 1 aliphatic heterocycles. The fraction of sp³-hybridized carbons (Fsp3) is 0.167. The molecule has 4 nitrogen and oxygen atoms in total. The summed E-state index contributed by atoms with van der Waals surface area (Å²) < 4.78 is 28.7. The minimum atomic E-state index is -3.81. The van der Waals surface area contributed by atoms with Crippen LogP contribution in [0.1, 0.15) is 29.5 Å². The normalized spacial score (nSPS) is 21.8. The summed E-state index contributed by atoms with van der Waals surface area (Å²) in [7, 11) is -3.81. The third-order valence-corrected chi connectivity index (χ3v) is 7.89. The molecule has 0 spiro atoms. The highest BCUT2D eigenvalue weighted by Gasteiger charge is 2.38. The fourth-order valence-electron chi connectivity index (χ4n) is 4.51. The highest BCUT2D eigenvalue weighted by Crippen LogP contribution is 2.50. The Labute approximate surface area is 192 Å². The van der Waals surface area contributed by atoms with Crippen LogP contribution >= 0.6 is 23.2 Å². The number of allylic oxidation sites excluding steroid dienone is 2. The number of nitrogens with one attached hydrogen (secondary N) is 2. The van der Waals surface area contributed by atoms with Gasteiger partial charge in [-0.3, -0.25) is 4.72 Å². The van der Waals surface area contributed by atoms with E-state index in [1.165, 1.54) is 11.6 Å². The van der Waals surface area contributed by atoms with Crippen LogP contribution in [0.15, 0.2) is 83.8 Å². The standard InChI is InChI=1S/C24H20Cl2N2O2S/c25-16-9-11-23(21(26)13-16)28-31(29,30)17-10-12-22-20(14-17)18-7-4-8-19(18)24(27-22)15-5-2-1-3-6-15/h1-7,9-14,18-19,24,27-28H,8H2/t18-,19+,24+/m0/s1. The molecule has 0 aromatic heterocycles. The van der Waals surface area contributed by atoms with Gasteiger partial charge in [-0.2, -0.15) is 0 Å². The van der Waals surface area contributed by atoms with Crippen LogP contribution in [0.5, 0.6) is 0 Å². The molecule has 3 aromatic rings. The van der Waals surface area contributed by atoms with Crippen molar-refractivity contribution in [1.82, 2.24) is 0 Å². The zero-order valence-electron chi connectivity index (χ0n) is 16.4. The van der Waals surface area contributed by atoms with Crippen LogP contribution in [-0.2, 0) is 10.0 Å². The van der Waals surface area contributed by atoms with Crippen molar-refractivity contribution in [2.24, 2.45) is 5.92 Å². The van der Waals surface area contributed by atoms with E-state index in [2.05, 4.69) is 34.3 Å². The maximum atomic E-state index is 13.1. The number of halogens is 2. The van der Waals surface area contributed by atoms with Crippen LogP contribution in [0, 0.1) is 5.92 Å². The van der Waals surface area contributed by atoms with Crippen molar-refractivity contribution in [3.8, 4) is 0 Å². The molecule has 0 unspecified atom stereocenters. The molecule has 2 N–H and O–H groups in total. The Morgan fingerprint density at radius 1 is 0.968 bits per heavy atom. The second-order valence-corrected chi connectivity index (χ2v) is 10.4. The molecule has 5 rings (SSSR count). The van der Waals surface area contributed by atoms with Crippen molar-refractivity contribution in [1.29, 1.82) is 0 Å². The molecule has 3 aromatic carbocycles. The lowest BCUT2D eigenvalue weighted by atomic mass is 9.77. The predicted molar refractivity (Wildman–Crippen MR) is 127 cm³/mol. The largest absolute Gasteiger partial charge is 0.378 e. The van der Waals surface area contributed by atoms with E-state index in [1.807, 2.05) is 24.3 Å². The monoisotopic (exact) mass is 470 g/mol. The second kappa shape index (κ2) is 7.90. The molecule has 2 aliphatic rings.